The SMILES string of the molecule is CN(C)C(=O)c1ccc(Nc2ncc(-c3nc(C(F)F)no3)c(N[C@H](CO)c3ccccc3)n2)cc1. The Morgan fingerprint density at radius 1 is 1.08 bits per heavy atom. The molecule has 2 aromatic heterocycles. The number of aliphatic hydroxyl groups excluding tert-OH is 1. The summed E-state index contributed by atoms with van der Waals surface area (Å²) >= 11 is 0. The number of amides is 1. The highest BCUT2D eigenvalue weighted by Gasteiger charge is 2.22. The van der Waals surface area contributed by atoms with Crippen LogP contribution < -0.4 is 10.6 Å². The molecule has 0 saturated heterocycles. The molecule has 0 bridgehead atoms. The molecule has 0 aliphatic rings. The molecule has 10 nitrogen and oxygen atoms in total. The Hall–Kier alpha value is -4.45. The van der Waals surface area contributed by atoms with Crippen LogP contribution in [0.3, 0.4) is 0 Å². The largest absolute Gasteiger partial charge is 0.394 e. The molecule has 0 radical (unpaired) electrons. The molecule has 0 aliphatic carbocycles. The first kappa shape index (κ1) is 24.7. The Balaban J connectivity index is 1.66. The van der Waals surface area contributed by atoms with E-state index >= 15 is 0 Å². The van der Waals surface area contributed by atoms with Crippen molar-refractivity contribution in [3.05, 3.63) is 77.7 Å². The number of carbonyl (C=O) groups is 1. The Labute approximate surface area is 205 Å². The highest BCUT2D eigenvalue weighted by Crippen LogP contribution is 2.30. The van der Waals surface area contributed by atoms with Gasteiger partial charge >= 0.3 is 6.43 Å². The van der Waals surface area contributed by atoms with Crippen LogP contribution in [0.5, 0.6) is 0 Å². The standard InChI is InChI=1S/C24H23F2N7O3/c1-33(2)23(35)15-8-10-16(11-9-15)28-24-27-12-17(22-30-21(19(25)26)32-36-22)20(31-24)29-18(13-34)14-6-4-3-5-7-14/h3-12,18-19,34H,13H2,1-2H3,(H2,27,28,29,31)/t18-/m1/s1. The third kappa shape index (κ3) is 5.61. The molecule has 36 heavy (non-hydrogen) atoms. The van der Waals surface area contributed by atoms with Crippen LogP contribution in [-0.2, 0) is 0 Å². The number of nitrogens with zero attached hydrogens (tertiary/aromatic N) is 5. The topological polar surface area (TPSA) is 129 Å². The molecule has 0 spiro atoms. The lowest BCUT2D eigenvalue weighted by Crippen LogP contribution is -2.21. The Morgan fingerprint density at radius 3 is 2.42 bits per heavy atom. The number of aromatic nitrogens is 4. The van der Waals surface area contributed by atoms with Crippen LogP contribution in [0, 0.1) is 0 Å². The smallest absolute Gasteiger partial charge is 0.300 e. The van der Waals surface area contributed by atoms with E-state index in [9.17, 15) is 18.7 Å². The quantitative estimate of drug-likeness (QED) is 0.315. The molecule has 4 rings (SSSR count). The summed E-state index contributed by atoms with van der Waals surface area (Å²) in [5, 5.41) is 19.4. The first-order valence-electron chi connectivity index (χ1n) is 10.9. The second-order valence-corrected chi connectivity index (χ2v) is 7.91. The number of aliphatic hydroxyl groups is 1. The summed E-state index contributed by atoms with van der Waals surface area (Å²) < 4.78 is 31.0. The van der Waals surface area contributed by atoms with E-state index < -0.39 is 18.3 Å². The summed E-state index contributed by atoms with van der Waals surface area (Å²) in [5.41, 5.74) is 2.09. The van der Waals surface area contributed by atoms with Crippen molar-refractivity contribution in [2.75, 3.05) is 31.3 Å². The van der Waals surface area contributed by atoms with Crippen LogP contribution in [0.4, 0.5) is 26.2 Å². The van der Waals surface area contributed by atoms with Gasteiger partial charge in [-0.25, -0.2) is 13.8 Å². The van der Waals surface area contributed by atoms with E-state index in [1.54, 1.807) is 38.4 Å². The van der Waals surface area contributed by atoms with Gasteiger partial charge in [-0.3, -0.25) is 4.79 Å². The maximum Gasteiger partial charge on any atom is 0.300 e. The lowest BCUT2D eigenvalue weighted by atomic mass is 10.1. The van der Waals surface area contributed by atoms with Gasteiger partial charge in [0.05, 0.1) is 12.6 Å². The van der Waals surface area contributed by atoms with E-state index in [2.05, 4.69) is 30.7 Å². The number of hydrogen-bond donors (Lipinski definition) is 3. The van der Waals surface area contributed by atoms with Gasteiger partial charge in [-0.1, -0.05) is 35.5 Å². The van der Waals surface area contributed by atoms with Crippen molar-refractivity contribution >= 4 is 23.4 Å². The summed E-state index contributed by atoms with van der Waals surface area (Å²) in [4.78, 5) is 26.0. The van der Waals surface area contributed by atoms with Gasteiger partial charge < -0.3 is 25.2 Å². The van der Waals surface area contributed by atoms with Crippen LogP contribution in [0.25, 0.3) is 11.5 Å². The van der Waals surface area contributed by atoms with Crippen LogP contribution in [0.15, 0.2) is 65.3 Å². The number of carbonyl (C=O) groups excluding carboxylic acids is 1. The van der Waals surface area contributed by atoms with Crippen LogP contribution in [-0.4, -0.2) is 56.7 Å². The van der Waals surface area contributed by atoms with E-state index in [4.69, 9.17) is 4.52 Å². The molecule has 0 fully saturated rings. The minimum absolute atomic E-state index is 0.132. The van der Waals surface area contributed by atoms with Gasteiger partial charge in [0, 0.05) is 31.5 Å². The van der Waals surface area contributed by atoms with Crippen LogP contribution in [0.1, 0.15) is 34.2 Å². The summed E-state index contributed by atoms with van der Waals surface area (Å²) in [7, 11) is 3.34. The fourth-order valence-corrected chi connectivity index (χ4v) is 3.31. The second kappa shape index (κ2) is 10.9. The van der Waals surface area contributed by atoms with Crippen molar-refractivity contribution in [1.82, 2.24) is 25.0 Å². The third-order valence-electron chi connectivity index (χ3n) is 5.15. The minimum atomic E-state index is -2.90. The summed E-state index contributed by atoms with van der Waals surface area (Å²) in [5.74, 6) is -0.735. The maximum absolute atomic E-state index is 13.0. The molecule has 12 heteroatoms. The fraction of sp³-hybridized carbons (Fsp3) is 0.208. The van der Waals surface area contributed by atoms with Gasteiger partial charge in [-0.15, -0.1) is 0 Å². The van der Waals surface area contributed by atoms with Crippen molar-refractivity contribution in [3.63, 3.8) is 0 Å². The number of alkyl halides is 2. The molecule has 0 saturated carbocycles. The first-order chi connectivity index (χ1) is 17.4. The van der Waals surface area contributed by atoms with Gasteiger partial charge in [0.1, 0.15) is 11.4 Å². The molecular weight excluding hydrogens is 472 g/mol. The first-order valence-corrected chi connectivity index (χ1v) is 10.9. The summed E-state index contributed by atoms with van der Waals surface area (Å²) in [6, 6.07) is 15.3. The molecule has 186 valence electrons. The second-order valence-electron chi connectivity index (χ2n) is 7.91. The van der Waals surface area contributed by atoms with Crippen molar-refractivity contribution in [3.8, 4) is 11.5 Å². The number of anilines is 3. The van der Waals surface area contributed by atoms with Gasteiger partial charge in [0.25, 0.3) is 11.8 Å². The van der Waals surface area contributed by atoms with Gasteiger partial charge in [0.15, 0.2) is 0 Å². The van der Waals surface area contributed by atoms with Gasteiger partial charge in [-0.2, -0.15) is 9.97 Å². The Kier molecular flexibility index (Phi) is 7.44. The number of rotatable bonds is 9. The zero-order valence-corrected chi connectivity index (χ0v) is 19.4. The number of halogens is 2. The number of benzene rings is 2. The Bertz CT molecular complexity index is 1320. The monoisotopic (exact) mass is 495 g/mol. The lowest BCUT2D eigenvalue weighted by molar-refractivity contribution is 0.0827. The molecule has 0 aliphatic heterocycles. The maximum atomic E-state index is 13.0. The van der Waals surface area contributed by atoms with E-state index in [1.165, 1.54) is 11.1 Å². The van der Waals surface area contributed by atoms with Crippen molar-refractivity contribution in [2.45, 2.75) is 12.5 Å². The van der Waals surface area contributed by atoms with Crippen molar-refractivity contribution in [2.24, 2.45) is 0 Å². The lowest BCUT2D eigenvalue weighted by Gasteiger charge is -2.19. The molecule has 0 unspecified atom stereocenters. The number of nitrogens with one attached hydrogen (secondary N) is 2. The number of hydrogen-bond acceptors (Lipinski definition) is 9. The predicted molar refractivity (Wildman–Crippen MR) is 128 cm³/mol. The average Bonchev–Trinajstić information content (AvgIpc) is 3.38. The average molecular weight is 495 g/mol. The van der Waals surface area contributed by atoms with E-state index in [1.807, 2.05) is 30.3 Å². The third-order valence-corrected chi connectivity index (χ3v) is 5.15. The molecule has 1 amide bonds. The molecular formula is C24H23F2N7O3. The van der Waals surface area contributed by atoms with Crippen LogP contribution in [0.2, 0.25) is 0 Å². The van der Waals surface area contributed by atoms with E-state index in [-0.39, 0.29) is 35.7 Å². The zero-order chi connectivity index (χ0) is 25.7. The summed E-state index contributed by atoms with van der Waals surface area (Å²) in [6.07, 6.45) is -1.55. The molecule has 2 aromatic carbocycles. The Morgan fingerprint density at radius 2 is 1.81 bits per heavy atom. The summed E-state index contributed by atoms with van der Waals surface area (Å²) in [6.45, 7) is -0.274. The van der Waals surface area contributed by atoms with Gasteiger partial charge in [-0.05, 0) is 29.8 Å². The fourth-order valence-electron chi connectivity index (χ4n) is 3.31. The zero-order valence-electron chi connectivity index (χ0n) is 19.4. The highest BCUT2D eigenvalue weighted by molar-refractivity contribution is 5.94. The normalized spacial score (nSPS) is 11.8. The van der Waals surface area contributed by atoms with Crippen molar-refractivity contribution < 1.29 is 23.2 Å². The van der Waals surface area contributed by atoms with E-state index in [0.29, 0.717) is 11.3 Å². The predicted octanol–water partition coefficient (Wildman–Crippen LogP) is 4.06. The van der Waals surface area contributed by atoms with Crippen LogP contribution >= 0.6 is 0 Å². The molecule has 3 N–H and O–H groups in total. The van der Waals surface area contributed by atoms with Gasteiger partial charge in [0.2, 0.25) is 11.8 Å². The molecule has 2 heterocycles. The molecule has 1 atom stereocenters. The van der Waals surface area contributed by atoms with E-state index in [0.717, 1.165) is 5.56 Å². The molecule has 4 aromatic rings. The minimum Gasteiger partial charge on any atom is -0.394 e. The van der Waals surface area contributed by atoms with Crippen molar-refractivity contribution in [1.29, 1.82) is 0 Å². The highest BCUT2D eigenvalue weighted by atomic mass is 19.3.